The van der Waals surface area contributed by atoms with Gasteiger partial charge in [0.1, 0.15) is 18.2 Å². The van der Waals surface area contributed by atoms with E-state index in [4.69, 9.17) is 9.47 Å². The van der Waals surface area contributed by atoms with Crippen LogP contribution in [0.3, 0.4) is 0 Å². The highest BCUT2D eigenvalue weighted by atomic mass is 19.1. The van der Waals surface area contributed by atoms with Crippen LogP contribution in [0.25, 0.3) is 0 Å². The minimum absolute atomic E-state index is 0.201. The molecule has 0 atom stereocenters. The van der Waals surface area contributed by atoms with Crippen LogP contribution < -0.4 is 9.64 Å². The van der Waals surface area contributed by atoms with Crippen molar-refractivity contribution in [2.24, 2.45) is 0 Å². The number of benzene rings is 1. The van der Waals surface area contributed by atoms with Gasteiger partial charge in [-0.1, -0.05) is 0 Å². The molecule has 1 aliphatic heterocycles. The van der Waals surface area contributed by atoms with Crippen LogP contribution in [0, 0.1) is 5.82 Å². The molecule has 24 heavy (non-hydrogen) atoms. The van der Waals surface area contributed by atoms with Crippen LogP contribution in [0.1, 0.15) is 26.6 Å². The zero-order valence-corrected chi connectivity index (χ0v) is 14.3. The molecule has 0 aliphatic carbocycles. The summed E-state index contributed by atoms with van der Waals surface area (Å²) in [5, 5.41) is 8.62. The Morgan fingerprint density at radius 2 is 2.00 bits per heavy atom. The Morgan fingerprint density at radius 3 is 2.67 bits per heavy atom. The highest BCUT2D eigenvalue weighted by molar-refractivity contribution is 5.33. The minimum atomic E-state index is -0.281. The molecule has 130 valence electrons. The maximum atomic E-state index is 12.9. The largest absolute Gasteiger partial charge is 0.486 e. The molecule has 1 aromatic carbocycles. The Balaban J connectivity index is 1.73. The van der Waals surface area contributed by atoms with Crippen molar-refractivity contribution >= 4 is 5.95 Å². The fraction of sp³-hybridized carbons (Fsp3) is 0.529. The van der Waals surface area contributed by atoms with Crippen LogP contribution in [0.2, 0.25) is 0 Å². The first kappa shape index (κ1) is 16.7. The highest BCUT2D eigenvalue weighted by Gasteiger charge is 2.30. The van der Waals surface area contributed by atoms with E-state index in [0.29, 0.717) is 19.0 Å². The van der Waals surface area contributed by atoms with Crippen LogP contribution in [0.5, 0.6) is 5.75 Å². The van der Waals surface area contributed by atoms with Crippen LogP contribution in [-0.2, 0) is 17.9 Å². The summed E-state index contributed by atoms with van der Waals surface area (Å²) in [5.41, 5.74) is -0.201. The Hall–Kier alpha value is -2.15. The molecule has 1 fully saturated rings. The molecule has 0 saturated carbocycles. The Labute approximate surface area is 141 Å². The third-order valence-electron chi connectivity index (χ3n) is 4.01. The molecule has 6 nitrogen and oxygen atoms in total. The average Bonchev–Trinajstić information content (AvgIpc) is 2.96. The van der Waals surface area contributed by atoms with Crippen molar-refractivity contribution in [2.45, 2.75) is 39.5 Å². The van der Waals surface area contributed by atoms with Crippen molar-refractivity contribution in [1.82, 2.24) is 14.8 Å². The summed E-state index contributed by atoms with van der Waals surface area (Å²) in [5.74, 6) is 1.92. The van der Waals surface area contributed by atoms with E-state index >= 15 is 0 Å². The molecule has 0 spiro atoms. The predicted molar refractivity (Wildman–Crippen MR) is 88.7 cm³/mol. The van der Waals surface area contributed by atoms with Crippen molar-refractivity contribution < 1.29 is 13.9 Å². The maximum Gasteiger partial charge on any atom is 0.227 e. The normalized spacial score (nSPS) is 17.1. The lowest BCUT2D eigenvalue weighted by Crippen LogP contribution is -2.49. The number of ether oxygens (including phenoxy) is 2. The fourth-order valence-corrected chi connectivity index (χ4v) is 2.86. The molecular weight excluding hydrogens is 311 g/mol. The van der Waals surface area contributed by atoms with E-state index in [-0.39, 0.29) is 11.4 Å². The topological polar surface area (TPSA) is 52.4 Å². The molecule has 0 bridgehead atoms. The summed E-state index contributed by atoms with van der Waals surface area (Å²) >= 11 is 0. The Kier molecular flexibility index (Phi) is 4.71. The van der Waals surface area contributed by atoms with Gasteiger partial charge in [0, 0.05) is 19.6 Å². The SMILES string of the molecule is CCn1c(COc2ccc(F)cc2)nnc1N1CCOC(C)(C)C1. The second-order valence-corrected chi connectivity index (χ2v) is 6.43. The van der Waals surface area contributed by atoms with Crippen LogP contribution in [-0.4, -0.2) is 40.1 Å². The molecule has 0 unspecified atom stereocenters. The number of hydrogen-bond donors (Lipinski definition) is 0. The average molecular weight is 334 g/mol. The molecule has 0 radical (unpaired) electrons. The van der Waals surface area contributed by atoms with Crippen LogP contribution in [0.4, 0.5) is 10.3 Å². The predicted octanol–water partition coefficient (Wildman–Crippen LogP) is 2.63. The standard InChI is InChI=1S/C17H23FN4O2/c1-4-22-15(11-23-14-7-5-13(18)6-8-14)19-20-16(22)21-9-10-24-17(2,3)12-21/h5-8H,4,9-12H2,1-3H3. The first-order valence-electron chi connectivity index (χ1n) is 8.18. The molecule has 2 aromatic rings. The number of morpholine rings is 1. The summed E-state index contributed by atoms with van der Waals surface area (Å²) < 4.78 is 26.4. The van der Waals surface area contributed by atoms with E-state index in [1.165, 1.54) is 12.1 Å². The fourth-order valence-electron chi connectivity index (χ4n) is 2.86. The van der Waals surface area contributed by atoms with Crippen LogP contribution in [0.15, 0.2) is 24.3 Å². The van der Waals surface area contributed by atoms with Gasteiger partial charge in [-0.3, -0.25) is 4.57 Å². The molecule has 1 aliphatic rings. The highest BCUT2D eigenvalue weighted by Crippen LogP contribution is 2.23. The zero-order chi connectivity index (χ0) is 17.2. The third-order valence-corrected chi connectivity index (χ3v) is 4.01. The zero-order valence-electron chi connectivity index (χ0n) is 14.3. The van der Waals surface area contributed by atoms with Crippen molar-refractivity contribution in [3.63, 3.8) is 0 Å². The number of aromatic nitrogens is 3. The van der Waals surface area contributed by atoms with Gasteiger partial charge in [0.25, 0.3) is 0 Å². The smallest absolute Gasteiger partial charge is 0.227 e. The summed E-state index contributed by atoms with van der Waals surface area (Å²) in [6, 6.07) is 5.96. The minimum Gasteiger partial charge on any atom is -0.486 e. The van der Waals surface area contributed by atoms with E-state index in [0.717, 1.165) is 31.4 Å². The van der Waals surface area contributed by atoms with E-state index in [9.17, 15) is 4.39 Å². The van der Waals surface area contributed by atoms with Gasteiger partial charge in [-0.05, 0) is 45.0 Å². The van der Waals surface area contributed by atoms with Gasteiger partial charge < -0.3 is 14.4 Å². The molecule has 7 heteroatoms. The number of hydrogen-bond acceptors (Lipinski definition) is 5. The molecule has 2 heterocycles. The summed E-state index contributed by atoms with van der Waals surface area (Å²) in [6.45, 7) is 9.48. The first-order valence-corrected chi connectivity index (χ1v) is 8.18. The lowest BCUT2D eigenvalue weighted by atomic mass is 10.1. The summed E-state index contributed by atoms with van der Waals surface area (Å²) in [4.78, 5) is 2.20. The van der Waals surface area contributed by atoms with Crippen molar-refractivity contribution in [3.05, 3.63) is 35.9 Å². The molecule has 0 N–H and O–H groups in total. The monoisotopic (exact) mass is 334 g/mol. The Morgan fingerprint density at radius 1 is 1.25 bits per heavy atom. The lowest BCUT2D eigenvalue weighted by Gasteiger charge is -2.38. The lowest BCUT2D eigenvalue weighted by molar-refractivity contribution is -0.0283. The van der Waals surface area contributed by atoms with Gasteiger partial charge in [0.15, 0.2) is 5.82 Å². The molecule has 1 aromatic heterocycles. The van der Waals surface area contributed by atoms with E-state index in [1.54, 1.807) is 12.1 Å². The Bertz CT molecular complexity index is 684. The van der Waals surface area contributed by atoms with Crippen molar-refractivity contribution in [3.8, 4) is 5.75 Å². The van der Waals surface area contributed by atoms with Crippen molar-refractivity contribution in [2.75, 3.05) is 24.6 Å². The number of nitrogens with zero attached hydrogens (tertiary/aromatic N) is 4. The molecule has 0 amide bonds. The number of rotatable bonds is 5. The van der Waals surface area contributed by atoms with Gasteiger partial charge >= 0.3 is 0 Å². The maximum absolute atomic E-state index is 12.9. The van der Waals surface area contributed by atoms with E-state index < -0.39 is 0 Å². The van der Waals surface area contributed by atoms with Gasteiger partial charge in [-0.25, -0.2) is 4.39 Å². The molecule has 3 rings (SSSR count). The number of anilines is 1. The molecule has 1 saturated heterocycles. The molecular formula is C17H23FN4O2. The number of halogens is 1. The van der Waals surface area contributed by atoms with E-state index in [1.807, 2.05) is 4.57 Å². The first-order chi connectivity index (χ1) is 11.5. The van der Waals surface area contributed by atoms with Gasteiger partial charge in [0.05, 0.1) is 12.2 Å². The summed E-state index contributed by atoms with van der Waals surface area (Å²) in [7, 11) is 0. The second kappa shape index (κ2) is 6.76. The quantitative estimate of drug-likeness (QED) is 0.841. The van der Waals surface area contributed by atoms with Crippen molar-refractivity contribution in [1.29, 1.82) is 0 Å². The third kappa shape index (κ3) is 3.67. The summed E-state index contributed by atoms with van der Waals surface area (Å²) in [6.07, 6.45) is 0. The second-order valence-electron chi connectivity index (χ2n) is 6.43. The van der Waals surface area contributed by atoms with Gasteiger partial charge in [-0.2, -0.15) is 0 Å². The van der Waals surface area contributed by atoms with E-state index in [2.05, 4.69) is 35.9 Å². The van der Waals surface area contributed by atoms with Gasteiger partial charge in [0.2, 0.25) is 5.95 Å². The van der Waals surface area contributed by atoms with Crippen LogP contribution >= 0.6 is 0 Å². The van der Waals surface area contributed by atoms with Gasteiger partial charge in [-0.15, -0.1) is 10.2 Å².